The van der Waals surface area contributed by atoms with Gasteiger partial charge in [-0.15, -0.1) is 0 Å². The summed E-state index contributed by atoms with van der Waals surface area (Å²) < 4.78 is 10.6. The van der Waals surface area contributed by atoms with Gasteiger partial charge in [0.05, 0.1) is 19.3 Å². The lowest BCUT2D eigenvalue weighted by Crippen LogP contribution is -1.98. The molecule has 0 aliphatic carbocycles. The van der Waals surface area contributed by atoms with Gasteiger partial charge >= 0.3 is 0 Å². The number of carbonyl (C=O) groups is 1. The number of benzene rings is 1. The van der Waals surface area contributed by atoms with Crippen LogP contribution in [0.4, 0.5) is 0 Å². The fourth-order valence-electron chi connectivity index (χ4n) is 1.42. The molecular weight excluding hydrogens is 204 g/mol. The van der Waals surface area contributed by atoms with Crippen molar-refractivity contribution in [2.75, 3.05) is 13.7 Å². The van der Waals surface area contributed by atoms with E-state index >= 15 is 0 Å². The lowest BCUT2D eigenvalue weighted by molar-refractivity contribution is 0.112. The first-order valence-corrected chi connectivity index (χ1v) is 5.57. The predicted molar refractivity (Wildman–Crippen MR) is 63.4 cm³/mol. The summed E-state index contributed by atoms with van der Waals surface area (Å²) in [6.07, 6.45) is 4.17. The Bertz CT molecular complexity index is 334. The van der Waals surface area contributed by atoms with E-state index in [0.717, 1.165) is 18.5 Å². The number of methoxy groups -OCH3 is 1. The Kier molecular flexibility index (Phi) is 5.40. The van der Waals surface area contributed by atoms with Gasteiger partial charge in [-0.05, 0) is 18.6 Å². The maximum Gasteiger partial charge on any atom is 0.153 e. The summed E-state index contributed by atoms with van der Waals surface area (Å²) in [5.41, 5.74) is 0.545. The SMILES string of the molecule is CCCCCOc1ccc(C=O)c(OC)c1. The van der Waals surface area contributed by atoms with Crippen LogP contribution in [0.2, 0.25) is 0 Å². The molecule has 0 heterocycles. The standard InChI is InChI=1S/C13H18O3/c1-3-4-5-8-16-12-7-6-11(10-14)13(9-12)15-2/h6-7,9-10H,3-5,8H2,1-2H3. The summed E-state index contributed by atoms with van der Waals surface area (Å²) in [5, 5.41) is 0. The fourth-order valence-corrected chi connectivity index (χ4v) is 1.42. The molecule has 0 saturated carbocycles. The molecule has 0 radical (unpaired) electrons. The third-order valence-corrected chi connectivity index (χ3v) is 2.35. The second kappa shape index (κ2) is 6.88. The normalized spacial score (nSPS) is 9.88. The molecule has 3 heteroatoms. The second-order valence-electron chi connectivity index (χ2n) is 3.58. The number of hydrogen-bond acceptors (Lipinski definition) is 3. The molecule has 0 bridgehead atoms. The van der Waals surface area contributed by atoms with Crippen LogP contribution in [0.25, 0.3) is 0 Å². The van der Waals surface area contributed by atoms with Gasteiger partial charge in [0.15, 0.2) is 6.29 Å². The van der Waals surface area contributed by atoms with Crippen molar-refractivity contribution in [1.82, 2.24) is 0 Å². The molecule has 1 aromatic rings. The molecule has 0 saturated heterocycles. The highest BCUT2D eigenvalue weighted by atomic mass is 16.5. The lowest BCUT2D eigenvalue weighted by Gasteiger charge is -2.08. The molecular formula is C13H18O3. The highest BCUT2D eigenvalue weighted by Crippen LogP contribution is 2.23. The molecule has 0 amide bonds. The third kappa shape index (κ3) is 3.57. The van der Waals surface area contributed by atoms with Crippen LogP contribution in [-0.4, -0.2) is 20.0 Å². The first-order chi connectivity index (χ1) is 7.81. The molecule has 0 N–H and O–H groups in total. The minimum atomic E-state index is 0.545. The summed E-state index contributed by atoms with van der Waals surface area (Å²) in [4.78, 5) is 10.7. The van der Waals surface area contributed by atoms with Crippen molar-refractivity contribution in [3.8, 4) is 11.5 Å². The average molecular weight is 222 g/mol. The number of unbranched alkanes of at least 4 members (excludes halogenated alkanes) is 2. The van der Waals surface area contributed by atoms with Gasteiger partial charge in [0.2, 0.25) is 0 Å². The number of hydrogen-bond donors (Lipinski definition) is 0. The Morgan fingerprint density at radius 1 is 1.31 bits per heavy atom. The van der Waals surface area contributed by atoms with E-state index < -0.39 is 0 Å². The lowest BCUT2D eigenvalue weighted by atomic mass is 10.2. The summed E-state index contributed by atoms with van der Waals surface area (Å²) in [5.74, 6) is 1.31. The fraction of sp³-hybridized carbons (Fsp3) is 0.462. The molecule has 0 fully saturated rings. The highest BCUT2D eigenvalue weighted by Gasteiger charge is 2.03. The minimum absolute atomic E-state index is 0.545. The van der Waals surface area contributed by atoms with E-state index in [4.69, 9.17) is 9.47 Å². The van der Waals surface area contributed by atoms with E-state index in [1.165, 1.54) is 12.8 Å². The summed E-state index contributed by atoms with van der Waals surface area (Å²) in [6.45, 7) is 2.86. The zero-order valence-electron chi connectivity index (χ0n) is 9.86. The summed E-state index contributed by atoms with van der Waals surface area (Å²) in [6, 6.07) is 5.24. The monoisotopic (exact) mass is 222 g/mol. The van der Waals surface area contributed by atoms with Crippen LogP contribution in [0, 0.1) is 0 Å². The van der Waals surface area contributed by atoms with Gasteiger partial charge in [-0.2, -0.15) is 0 Å². The first kappa shape index (κ1) is 12.6. The van der Waals surface area contributed by atoms with E-state index in [2.05, 4.69) is 6.92 Å². The molecule has 0 aliphatic heterocycles. The Balaban J connectivity index is 2.57. The minimum Gasteiger partial charge on any atom is -0.496 e. The van der Waals surface area contributed by atoms with Crippen LogP contribution >= 0.6 is 0 Å². The second-order valence-corrected chi connectivity index (χ2v) is 3.58. The van der Waals surface area contributed by atoms with Crippen molar-refractivity contribution in [2.45, 2.75) is 26.2 Å². The summed E-state index contributed by atoms with van der Waals surface area (Å²) in [7, 11) is 1.54. The van der Waals surface area contributed by atoms with Gasteiger partial charge < -0.3 is 9.47 Å². The Morgan fingerprint density at radius 3 is 2.75 bits per heavy atom. The Labute approximate surface area is 96.4 Å². The van der Waals surface area contributed by atoms with Gasteiger partial charge in [-0.25, -0.2) is 0 Å². The quantitative estimate of drug-likeness (QED) is 0.525. The molecule has 0 spiro atoms. The zero-order valence-corrected chi connectivity index (χ0v) is 9.86. The third-order valence-electron chi connectivity index (χ3n) is 2.35. The van der Waals surface area contributed by atoms with Crippen LogP contribution in [0.1, 0.15) is 36.5 Å². The smallest absolute Gasteiger partial charge is 0.153 e. The average Bonchev–Trinajstić information content (AvgIpc) is 2.34. The van der Waals surface area contributed by atoms with Crippen molar-refractivity contribution >= 4 is 6.29 Å². The van der Waals surface area contributed by atoms with Crippen LogP contribution in [0.15, 0.2) is 18.2 Å². The van der Waals surface area contributed by atoms with Gasteiger partial charge in [0.25, 0.3) is 0 Å². The maximum absolute atomic E-state index is 10.7. The molecule has 16 heavy (non-hydrogen) atoms. The molecule has 0 unspecified atom stereocenters. The van der Waals surface area contributed by atoms with E-state index in [1.807, 2.05) is 0 Å². The van der Waals surface area contributed by atoms with Gasteiger partial charge in [0, 0.05) is 6.07 Å². The molecule has 1 rings (SSSR count). The zero-order chi connectivity index (χ0) is 11.8. The maximum atomic E-state index is 10.7. The number of rotatable bonds is 7. The molecule has 3 nitrogen and oxygen atoms in total. The topological polar surface area (TPSA) is 35.5 Å². The largest absolute Gasteiger partial charge is 0.496 e. The van der Waals surface area contributed by atoms with Crippen molar-refractivity contribution in [3.05, 3.63) is 23.8 Å². The van der Waals surface area contributed by atoms with Crippen molar-refractivity contribution < 1.29 is 14.3 Å². The molecule has 88 valence electrons. The van der Waals surface area contributed by atoms with E-state index in [9.17, 15) is 4.79 Å². The molecule has 0 atom stereocenters. The highest BCUT2D eigenvalue weighted by molar-refractivity contribution is 5.79. The summed E-state index contributed by atoms with van der Waals surface area (Å²) >= 11 is 0. The van der Waals surface area contributed by atoms with Crippen LogP contribution < -0.4 is 9.47 Å². The van der Waals surface area contributed by atoms with E-state index in [-0.39, 0.29) is 0 Å². The van der Waals surface area contributed by atoms with Gasteiger partial charge in [-0.3, -0.25) is 4.79 Å². The van der Waals surface area contributed by atoms with Crippen molar-refractivity contribution in [3.63, 3.8) is 0 Å². The van der Waals surface area contributed by atoms with Gasteiger partial charge in [0.1, 0.15) is 11.5 Å². The first-order valence-electron chi connectivity index (χ1n) is 5.57. The predicted octanol–water partition coefficient (Wildman–Crippen LogP) is 3.08. The Hall–Kier alpha value is -1.51. The molecule has 0 aliphatic rings. The van der Waals surface area contributed by atoms with Crippen LogP contribution in [-0.2, 0) is 0 Å². The van der Waals surface area contributed by atoms with Crippen LogP contribution in [0.5, 0.6) is 11.5 Å². The number of ether oxygens (including phenoxy) is 2. The Morgan fingerprint density at radius 2 is 2.12 bits per heavy atom. The van der Waals surface area contributed by atoms with E-state index in [1.54, 1.807) is 25.3 Å². The molecule has 1 aromatic carbocycles. The number of carbonyl (C=O) groups excluding carboxylic acids is 1. The molecule has 0 aromatic heterocycles. The van der Waals surface area contributed by atoms with Gasteiger partial charge in [-0.1, -0.05) is 19.8 Å². The number of aldehydes is 1. The van der Waals surface area contributed by atoms with Crippen molar-refractivity contribution in [2.24, 2.45) is 0 Å². The van der Waals surface area contributed by atoms with Crippen LogP contribution in [0.3, 0.4) is 0 Å². The van der Waals surface area contributed by atoms with Crippen molar-refractivity contribution in [1.29, 1.82) is 0 Å². The van der Waals surface area contributed by atoms with E-state index in [0.29, 0.717) is 17.9 Å².